The number of nitrogens with one attached hydrogen (secondary N) is 1. The van der Waals surface area contributed by atoms with Crippen LogP contribution in [-0.4, -0.2) is 40.8 Å². The Kier molecular flexibility index (Phi) is 5.93. The van der Waals surface area contributed by atoms with Crippen LogP contribution in [0.3, 0.4) is 0 Å². The second-order valence-electron chi connectivity index (χ2n) is 6.60. The zero-order valence-corrected chi connectivity index (χ0v) is 15.3. The van der Waals surface area contributed by atoms with E-state index in [1.807, 2.05) is 42.6 Å². The van der Waals surface area contributed by atoms with Gasteiger partial charge in [-0.05, 0) is 48.4 Å². The van der Waals surface area contributed by atoms with Gasteiger partial charge < -0.3 is 24.8 Å². The third-order valence-electron chi connectivity index (χ3n) is 4.83. The van der Waals surface area contributed by atoms with Gasteiger partial charge in [0, 0.05) is 35.8 Å². The number of likely N-dealkylation sites (N-methyl/N-ethyl adjacent to an activating group) is 1. The molecular weight excluding hydrogens is 328 g/mol. The molecule has 5 heteroatoms. The van der Waals surface area contributed by atoms with Crippen LogP contribution in [0, 0.1) is 0 Å². The molecule has 26 heavy (non-hydrogen) atoms. The van der Waals surface area contributed by atoms with E-state index in [0.29, 0.717) is 6.54 Å². The SMILES string of the molecule is COc1cccc(CO)c1CN(C)CCc1c[nH]c2ccc(CO)cc12. The van der Waals surface area contributed by atoms with Crippen molar-refractivity contribution in [3.8, 4) is 5.75 Å². The summed E-state index contributed by atoms with van der Waals surface area (Å²) in [5.41, 5.74) is 5.18. The molecule has 0 aliphatic heterocycles. The lowest BCUT2D eigenvalue weighted by molar-refractivity contribution is 0.272. The number of hydrogen-bond donors (Lipinski definition) is 3. The van der Waals surface area contributed by atoms with E-state index in [9.17, 15) is 10.2 Å². The number of aliphatic hydroxyl groups excluding tert-OH is 2. The summed E-state index contributed by atoms with van der Waals surface area (Å²) in [6.07, 6.45) is 2.94. The second-order valence-corrected chi connectivity index (χ2v) is 6.60. The monoisotopic (exact) mass is 354 g/mol. The molecule has 0 saturated heterocycles. The van der Waals surface area contributed by atoms with Crippen molar-refractivity contribution in [2.24, 2.45) is 0 Å². The molecule has 3 N–H and O–H groups in total. The van der Waals surface area contributed by atoms with Gasteiger partial charge in [0.2, 0.25) is 0 Å². The minimum absolute atomic E-state index is 0.00670. The first-order valence-electron chi connectivity index (χ1n) is 8.80. The molecule has 0 aliphatic carbocycles. The van der Waals surface area contributed by atoms with E-state index in [4.69, 9.17) is 4.74 Å². The van der Waals surface area contributed by atoms with Gasteiger partial charge in [0.25, 0.3) is 0 Å². The molecule has 2 aromatic carbocycles. The van der Waals surface area contributed by atoms with Crippen LogP contribution in [0.1, 0.15) is 22.3 Å². The summed E-state index contributed by atoms with van der Waals surface area (Å²) >= 11 is 0. The number of aromatic amines is 1. The van der Waals surface area contributed by atoms with Gasteiger partial charge in [0.15, 0.2) is 0 Å². The van der Waals surface area contributed by atoms with Crippen LogP contribution < -0.4 is 4.74 Å². The van der Waals surface area contributed by atoms with Crippen LogP contribution in [0.5, 0.6) is 5.75 Å². The average Bonchev–Trinajstić information content (AvgIpc) is 3.08. The maximum Gasteiger partial charge on any atom is 0.123 e. The quantitative estimate of drug-likeness (QED) is 0.582. The summed E-state index contributed by atoms with van der Waals surface area (Å²) < 4.78 is 5.46. The van der Waals surface area contributed by atoms with Crippen molar-refractivity contribution in [2.75, 3.05) is 20.7 Å². The lowest BCUT2D eigenvalue weighted by atomic mass is 10.1. The maximum absolute atomic E-state index is 9.60. The number of nitrogens with zero attached hydrogens (tertiary/aromatic N) is 1. The van der Waals surface area contributed by atoms with Crippen LogP contribution in [0.2, 0.25) is 0 Å². The van der Waals surface area contributed by atoms with Crippen molar-refractivity contribution in [1.82, 2.24) is 9.88 Å². The van der Waals surface area contributed by atoms with Gasteiger partial charge in [-0.1, -0.05) is 18.2 Å². The number of aromatic nitrogens is 1. The number of H-pyrrole nitrogens is 1. The first kappa shape index (κ1) is 18.5. The molecule has 0 amide bonds. The highest BCUT2D eigenvalue weighted by atomic mass is 16.5. The molecule has 0 saturated carbocycles. The van der Waals surface area contributed by atoms with Crippen molar-refractivity contribution in [2.45, 2.75) is 26.2 Å². The van der Waals surface area contributed by atoms with Crippen LogP contribution in [0.4, 0.5) is 0 Å². The van der Waals surface area contributed by atoms with Crippen molar-refractivity contribution in [3.05, 3.63) is 64.8 Å². The summed E-state index contributed by atoms with van der Waals surface area (Å²) in [6, 6.07) is 11.8. The third-order valence-corrected chi connectivity index (χ3v) is 4.83. The van der Waals surface area contributed by atoms with E-state index < -0.39 is 0 Å². The lowest BCUT2D eigenvalue weighted by Crippen LogP contribution is -2.22. The zero-order chi connectivity index (χ0) is 18.5. The van der Waals surface area contributed by atoms with Crippen LogP contribution in [0.25, 0.3) is 10.9 Å². The number of methoxy groups -OCH3 is 1. The molecule has 0 radical (unpaired) electrons. The highest BCUT2D eigenvalue weighted by molar-refractivity contribution is 5.83. The summed E-state index contributed by atoms with van der Waals surface area (Å²) in [4.78, 5) is 5.52. The van der Waals surface area contributed by atoms with E-state index in [-0.39, 0.29) is 13.2 Å². The van der Waals surface area contributed by atoms with Crippen molar-refractivity contribution < 1.29 is 14.9 Å². The Bertz CT molecular complexity index is 851. The minimum atomic E-state index is 0.00670. The molecule has 0 unspecified atom stereocenters. The summed E-state index contributed by atoms with van der Waals surface area (Å²) in [5, 5.41) is 20.1. The first-order chi connectivity index (χ1) is 12.7. The molecular formula is C21H26N2O3. The fraction of sp³-hybridized carbons (Fsp3) is 0.333. The Morgan fingerprint density at radius 3 is 2.65 bits per heavy atom. The lowest BCUT2D eigenvalue weighted by Gasteiger charge is -2.20. The Balaban J connectivity index is 1.71. The summed E-state index contributed by atoms with van der Waals surface area (Å²) in [5.74, 6) is 0.808. The smallest absolute Gasteiger partial charge is 0.123 e. The van der Waals surface area contributed by atoms with E-state index in [1.54, 1.807) is 7.11 Å². The molecule has 1 heterocycles. The van der Waals surface area contributed by atoms with Crippen LogP contribution >= 0.6 is 0 Å². The molecule has 3 aromatic rings. The van der Waals surface area contributed by atoms with E-state index in [2.05, 4.69) is 16.9 Å². The van der Waals surface area contributed by atoms with E-state index >= 15 is 0 Å². The van der Waals surface area contributed by atoms with Crippen molar-refractivity contribution >= 4 is 10.9 Å². The molecule has 0 atom stereocenters. The fourth-order valence-corrected chi connectivity index (χ4v) is 3.32. The van der Waals surface area contributed by atoms with Gasteiger partial charge in [-0.3, -0.25) is 0 Å². The van der Waals surface area contributed by atoms with Crippen LogP contribution in [0.15, 0.2) is 42.6 Å². The maximum atomic E-state index is 9.60. The number of rotatable bonds is 8. The van der Waals surface area contributed by atoms with Gasteiger partial charge in [-0.25, -0.2) is 0 Å². The zero-order valence-electron chi connectivity index (χ0n) is 15.3. The number of hydrogen-bond acceptors (Lipinski definition) is 4. The molecule has 5 nitrogen and oxygen atoms in total. The van der Waals surface area contributed by atoms with E-state index in [0.717, 1.165) is 40.9 Å². The predicted molar refractivity (Wildman–Crippen MR) is 103 cm³/mol. The molecule has 3 rings (SSSR count). The van der Waals surface area contributed by atoms with Crippen molar-refractivity contribution in [3.63, 3.8) is 0 Å². The highest BCUT2D eigenvalue weighted by Crippen LogP contribution is 2.25. The third kappa shape index (κ3) is 3.90. The van der Waals surface area contributed by atoms with Gasteiger partial charge in [0.05, 0.1) is 20.3 Å². The predicted octanol–water partition coefficient (Wildman–Crippen LogP) is 2.84. The fourth-order valence-electron chi connectivity index (χ4n) is 3.32. The Labute approximate surface area is 153 Å². The van der Waals surface area contributed by atoms with Gasteiger partial charge >= 0.3 is 0 Å². The molecule has 138 valence electrons. The second kappa shape index (κ2) is 8.36. The molecule has 0 fully saturated rings. The number of fused-ring (bicyclic) bond motifs is 1. The molecule has 0 bridgehead atoms. The summed E-state index contributed by atoms with van der Waals surface area (Å²) in [6.45, 7) is 1.65. The Morgan fingerprint density at radius 1 is 1.08 bits per heavy atom. The minimum Gasteiger partial charge on any atom is -0.496 e. The highest BCUT2D eigenvalue weighted by Gasteiger charge is 2.12. The van der Waals surface area contributed by atoms with Crippen molar-refractivity contribution in [1.29, 1.82) is 0 Å². The number of aliphatic hydroxyl groups is 2. The topological polar surface area (TPSA) is 68.7 Å². The Hall–Kier alpha value is -2.34. The first-order valence-corrected chi connectivity index (χ1v) is 8.80. The average molecular weight is 354 g/mol. The van der Waals surface area contributed by atoms with Crippen LogP contribution in [-0.2, 0) is 26.2 Å². The van der Waals surface area contributed by atoms with Gasteiger partial charge in [0.1, 0.15) is 5.75 Å². The normalized spacial score (nSPS) is 11.4. The number of ether oxygens (including phenoxy) is 1. The molecule has 1 aromatic heterocycles. The van der Waals surface area contributed by atoms with E-state index in [1.165, 1.54) is 10.9 Å². The summed E-state index contributed by atoms with van der Waals surface area (Å²) in [7, 11) is 3.73. The molecule has 0 aliphatic rings. The number of benzene rings is 2. The largest absolute Gasteiger partial charge is 0.496 e. The van der Waals surface area contributed by atoms with Gasteiger partial charge in [-0.2, -0.15) is 0 Å². The standard InChI is InChI=1S/C21H26N2O3/c1-23(12-19-17(14-25)4-3-5-21(19)26-2)9-8-16-11-22-20-7-6-15(13-24)10-18(16)20/h3-7,10-11,22,24-25H,8-9,12-14H2,1-2H3. The van der Waals surface area contributed by atoms with Gasteiger partial charge in [-0.15, -0.1) is 0 Å². The molecule has 0 spiro atoms. The Morgan fingerprint density at radius 2 is 1.92 bits per heavy atom.